The van der Waals surface area contributed by atoms with Crippen molar-refractivity contribution in [2.24, 2.45) is 0 Å². The van der Waals surface area contributed by atoms with E-state index in [1.807, 2.05) is 60.7 Å². The number of hydrogen-bond donors (Lipinski definition) is 0. The molecular weight excluding hydrogens is 408 g/mol. The van der Waals surface area contributed by atoms with Crippen LogP contribution in [0.5, 0.6) is 0 Å². The van der Waals surface area contributed by atoms with Crippen molar-refractivity contribution in [3.8, 4) is 0 Å². The molecule has 32 heavy (non-hydrogen) atoms. The average molecular weight is 439 g/mol. The first-order valence-corrected chi connectivity index (χ1v) is 10.9. The Kier molecular flexibility index (Phi) is 8.23. The standard InChI is InChI=1S/C26H30O6/c1-3-15-27-21-17-29-25(19-11-7-5-8-12-19)31-23(21)24-22(28-16-4-2)18-30-26(32-24)20-13-9-6-10-14-20/h3-14,21-26H,1-2,15-18H2/t21-,22+,23+,24-,25-,26+. The molecule has 4 rings (SSSR count). The van der Waals surface area contributed by atoms with Crippen molar-refractivity contribution >= 4 is 0 Å². The predicted molar refractivity (Wildman–Crippen MR) is 120 cm³/mol. The third kappa shape index (κ3) is 5.53. The molecule has 0 radical (unpaired) electrons. The molecule has 2 aromatic carbocycles. The van der Waals surface area contributed by atoms with E-state index in [0.717, 1.165) is 11.1 Å². The Labute approximate surface area is 189 Å². The van der Waals surface area contributed by atoms with Crippen LogP contribution in [0.1, 0.15) is 23.7 Å². The lowest BCUT2D eigenvalue weighted by molar-refractivity contribution is -0.338. The molecule has 0 amide bonds. The quantitative estimate of drug-likeness (QED) is 0.543. The second-order valence-corrected chi connectivity index (χ2v) is 7.67. The smallest absolute Gasteiger partial charge is 0.184 e. The van der Waals surface area contributed by atoms with Gasteiger partial charge in [0.05, 0.1) is 26.4 Å². The zero-order valence-corrected chi connectivity index (χ0v) is 18.1. The van der Waals surface area contributed by atoms with E-state index < -0.39 is 24.8 Å². The summed E-state index contributed by atoms with van der Waals surface area (Å²) in [5.41, 5.74) is 1.88. The summed E-state index contributed by atoms with van der Waals surface area (Å²) in [6.07, 6.45) is 0.827. The van der Waals surface area contributed by atoms with Gasteiger partial charge in [-0.1, -0.05) is 72.8 Å². The van der Waals surface area contributed by atoms with Crippen molar-refractivity contribution in [2.75, 3.05) is 26.4 Å². The van der Waals surface area contributed by atoms with Crippen LogP contribution in [-0.2, 0) is 28.4 Å². The van der Waals surface area contributed by atoms with E-state index >= 15 is 0 Å². The molecule has 2 aliphatic heterocycles. The van der Waals surface area contributed by atoms with Crippen LogP contribution < -0.4 is 0 Å². The maximum atomic E-state index is 6.45. The fourth-order valence-corrected chi connectivity index (χ4v) is 3.91. The van der Waals surface area contributed by atoms with Gasteiger partial charge in [-0.15, -0.1) is 13.2 Å². The number of benzene rings is 2. The molecule has 6 nitrogen and oxygen atoms in total. The average Bonchev–Trinajstić information content (AvgIpc) is 2.87. The summed E-state index contributed by atoms with van der Waals surface area (Å²) in [6, 6.07) is 19.7. The largest absolute Gasteiger partial charge is 0.369 e. The number of ether oxygens (including phenoxy) is 6. The molecule has 0 saturated carbocycles. The monoisotopic (exact) mass is 438 g/mol. The van der Waals surface area contributed by atoms with Crippen molar-refractivity contribution in [2.45, 2.75) is 37.0 Å². The molecular formula is C26H30O6. The molecule has 6 atom stereocenters. The lowest BCUT2D eigenvalue weighted by Gasteiger charge is -2.45. The first kappa shape index (κ1) is 22.9. The van der Waals surface area contributed by atoms with Gasteiger partial charge in [0, 0.05) is 11.1 Å². The molecule has 2 aliphatic rings. The SMILES string of the molecule is C=CCO[C@H]1CO[C@H](c2ccccc2)O[C@H]1[C@H]1O[C@H](c2ccccc2)OC[C@H]1OCC=C. The molecule has 170 valence electrons. The molecule has 0 spiro atoms. The van der Waals surface area contributed by atoms with Gasteiger partial charge in [0.25, 0.3) is 0 Å². The Hall–Kier alpha value is -2.32. The van der Waals surface area contributed by atoms with Gasteiger partial charge in [-0.3, -0.25) is 0 Å². The highest BCUT2D eigenvalue weighted by Gasteiger charge is 2.46. The van der Waals surface area contributed by atoms with Gasteiger partial charge in [0.2, 0.25) is 0 Å². The normalized spacial score (nSPS) is 30.5. The van der Waals surface area contributed by atoms with Crippen molar-refractivity contribution < 1.29 is 28.4 Å². The van der Waals surface area contributed by atoms with Crippen molar-refractivity contribution in [3.05, 3.63) is 97.1 Å². The van der Waals surface area contributed by atoms with Crippen molar-refractivity contribution in [3.63, 3.8) is 0 Å². The van der Waals surface area contributed by atoms with Crippen molar-refractivity contribution in [1.29, 1.82) is 0 Å². The molecule has 2 aromatic rings. The third-order valence-corrected chi connectivity index (χ3v) is 5.44. The molecule has 0 bridgehead atoms. The number of rotatable bonds is 9. The van der Waals surface area contributed by atoms with E-state index in [9.17, 15) is 0 Å². The van der Waals surface area contributed by atoms with Gasteiger partial charge >= 0.3 is 0 Å². The first-order valence-electron chi connectivity index (χ1n) is 10.9. The minimum absolute atomic E-state index is 0.345. The van der Waals surface area contributed by atoms with Crippen LogP contribution in [0.3, 0.4) is 0 Å². The fourth-order valence-electron chi connectivity index (χ4n) is 3.91. The van der Waals surface area contributed by atoms with Crippen LogP contribution >= 0.6 is 0 Å². The minimum Gasteiger partial charge on any atom is -0.369 e. The highest BCUT2D eigenvalue weighted by atomic mass is 16.7. The summed E-state index contributed by atoms with van der Waals surface area (Å²) in [4.78, 5) is 0. The molecule has 0 N–H and O–H groups in total. The minimum atomic E-state index is -0.522. The zero-order chi connectivity index (χ0) is 22.2. The molecule has 6 heteroatoms. The second kappa shape index (κ2) is 11.5. The summed E-state index contributed by atoms with van der Waals surface area (Å²) < 4.78 is 36.9. The zero-order valence-electron chi connectivity index (χ0n) is 18.1. The molecule has 2 fully saturated rings. The van der Waals surface area contributed by atoms with Gasteiger partial charge in [-0.2, -0.15) is 0 Å². The van der Waals surface area contributed by atoms with E-state index in [1.165, 1.54) is 0 Å². The van der Waals surface area contributed by atoms with Crippen LogP contribution in [0.15, 0.2) is 86.0 Å². The van der Waals surface area contributed by atoms with Crippen LogP contribution in [0.2, 0.25) is 0 Å². The number of hydrogen-bond acceptors (Lipinski definition) is 6. The summed E-state index contributed by atoms with van der Waals surface area (Å²) >= 11 is 0. The van der Waals surface area contributed by atoms with Gasteiger partial charge in [0.1, 0.15) is 24.4 Å². The van der Waals surface area contributed by atoms with Crippen LogP contribution in [-0.4, -0.2) is 50.8 Å². The maximum absolute atomic E-state index is 6.45. The van der Waals surface area contributed by atoms with E-state index in [0.29, 0.717) is 26.4 Å². The maximum Gasteiger partial charge on any atom is 0.184 e. The van der Waals surface area contributed by atoms with E-state index in [1.54, 1.807) is 12.2 Å². The Morgan fingerprint density at radius 3 is 1.47 bits per heavy atom. The lowest BCUT2D eigenvalue weighted by Crippen LogP contribution is -2.57. The third-order valence-electron chi connectivity index (χ3n) is 5.44. The summed E-state index contributed by atoms with van der Waals surface area (Å²) in [5, 5.41) is 0. The predicted octanol–water partition coefficient (Wildman–Crippen LogP) is 4.36. The van der Waals surface area contributed by atoms with Gasteiger partial charge < -0.3 is 28.4 Å². The molecule has 0 unspecified atom stereocenters. The molecule has 2 heterocycles. The van der Waals surface area contributed by atoms with Crippen molar-refractivity contribution in [1.82, 2.24) is 0 Å². The van der Waals surface area contributed by atoms with E-state index in [2.05, 4.69) is 13.2 Å². The Morgan fingerprint density at radius 1 is 0.688 bits per heavy atom. The molecule has 0 aliphatic carbocycles. The fraction of sp³-hybridized carbons (Fsp3) is 0.385. The van der Waals surface area contributed by atoms with Gasteiger partial charge in [0.15, 0.2) is 12.6 Å². The van der Waals surface area contributed by atoms with Gasteiger partial charge in [-0.25, -0.2) is 0 Å². The highest BCUT2D eigenvalue weighted by Crippen LogP contribution is 2.36. The van der Waals surface area contributed by atoms with Crippen LogP contribution in [0, 0.1) is 0 Å². The molecule has 0 aromatic heterocycles. The Bertz CT molecular complexity index is 770. The van der Waals surface area contributed by atoms with E-state index in [-0.39, 0.29) is 12.2 Å². The summed E-state index contributed by atoms with van der Waals surface area (Å²) in [7, 11) is 0. The van der Waals surface area contributed by atoms with Gasteiger partial charge in [-0.05, 0) is 0 Å². The Morgan fingerprint density at radius 2 is 1.09 bits per heavy atom. The second-order valence-electron chi connectivity index (χ2n) is 7.67. The molecule has 2 saturated heterocycles. The highest BCUT2D eigenvalue weighted by molar-refractivity contribution is 5.18. The summed E-state index contributed by atoms with van der Waals surface area (Å²) in [5.74, 6) is 0. The van der Waals surface area contributed by atoms with Crippen LogP contribution in [0.4, 0.5) is 0 Å². The Balaban J connectivity index is 1.59. The van der Waals surface area contributed by atoms with Crippen LogP contribution in [0.25, 0.3) is 0 Å². The summed E-state index contributed by atoms with van der Waals surface area (Å²) in [6.45, 7) is 9.01. The lowest BCUT2D eigenvalue weighted by atomic mass is 10.00. The first-order chi connectivity index (χ1) is 15.8. The van der Waals surface area contributed by atoms with E-state index in [4.69, 9.17) is 28.4 Å². The topological polar surface area (TPSA) is 55.4 Å².